The van der Waals surface area contributed by atoms with E-state index >= 15 is 0 Å². The van der Waals surface area contributed by atoms with Gasteiger partial charge in [0.05, 0.1) is 24.4 Å². The van der Waals surface area contributed by atoms with E-state index in [0.717, 1.165) is 24.9 Å². The average molecular weight is 295 g/mol. The maximum Gasteiger partial charge on any atom is 0.0959 e. The van der Waals surface area contributed by atoms with Crippen molar-refractivity contribution < 1.29 is 9.94 Å². The van der Waals surface area contributed by atoms with Gasteiger partial charge in [0.25, 0.3) is 0 Å². The summed E-state index contributed by atoms with van der Waals surface area (Å²) in [6.45, 7) is 0.167. The van der Waals surface area contributed by atoms with E-state index in [1.807, 2.05) is 29.3 Å². The first kappa shape index (κ1) is 13.8. The number of hydrogen-bond acceptors (Lipinski definition) is 3. The van der Waals surface area contributed by atoms with Crippen molar-refractivity contribution in [1.29, 1.82) is 0 Å². The van der Waals surface area contributed by atoms with E-state index in [-0.39, 0.29) is 24.2 Å². The minimum absolute atomic E-state index is 0.0635. The molecule has 2 aliphatic rings. The van der Waals surface area contributed by atoms with E-state index in [9.17, 15) is 5.11 Å². The van der Waals surface area contributed by atoms with Crippen molar-refractivity contribution in [2.75, 3.05) is 11.7 Å². The van der Waals surface area contributed by atoms with Gasteiger partial charge in [-0.25, -0.2) is 5.06 Å². The Labute approximate surface area is 131 Å². The van der Waals surface area contributed by atoms with Crippen molar-refractivity contribution >= 4 is 5.69 Å². The molecule has 1 unspecified atom stereocenters. The summed E-state index contributed by atoms with van der Waals surface area (Å²) in [5.74, 6) is 0. The van der Waals surface area contributed by atoms with Crippen LogP contribution in [-0.4, -0.2) is 17.8 Å². The molecule has 1 saturated carbocycles. The minimum Gasteiger partial charge on any atom is -0.396 e. The second-order valence-electron chi connectivity index (χ2n) is 6.35. The summed E-state index contributed by atoms with van der Waals surface area (Å²) >= 11 is 0. The van der Waals surface area contributed by atoms with Gasteiger partial charge in [0.2, 0.25) is 0 Å². The van der Waals surface area contributed by atoms with Crippen LogP contribution in [0.25, 0.3) is 0 Å². The number of aliphatic hydroxyl groups excluding tert-OH is 1. The fourth-order valence-corrected chi connectivity index (χ4v) is 4.12. The summed E-state index contributed by atoms with van der Waals surface area (Å²) < 4.78 is 0. The number of para-hydroxylation sites is 1. The Morgan fingerprint density at radius 3 is 2.41 bits per heavy atom. The summed E-state index contributed by atoms with van der Waals surface area (Å²) in [6, 6.07) is 20.7. The predicted octanol–water partition coefficient (Wildman–Crippen LogP) is 3.71. The molecule has 1 heterocycles. The molecule has 1 aliphatic carbocycles. The first-order valence-corrected chi connectivity index (χ1v) is 8.02. The summed E-state index contributed by atoms with van der Waals surface area (Å²) in [4.78, 5) is 6.31. The topological polar surface area (TPSA) is 32.7 Å². The number of fused-ring (bicyclic) bond motifs is 1. The second-order valence-corrected chi connectivity index (χ2v) is 6.35. The molecule has 1 N–H and O–H groups in total. The molecule has 4 rings (SSSR count). The lowest BCUT2D eigenvalue weighted by Gasteiger charge is -2.34. The van der Waals surface area contributed by atoms with Crippen molar-refractivity contribution in [3.63, 3.8) is 0 Å². The van der Waals surface area contributed by atoms with Crippen LogP contribution in [0, 0.1) is 5.41 Å². The van der Waals surface area contributed by atoms with Crippen LogP contribution >= 0.6 is 0 Å². The molecule has 0 amide bonds. The van der Waals surface area contributed by atoms with Crippen molar-refractivity contribution in [1.82, 2.24) is 0 Å². The molecule has 1 aliphatic heterocycles. The lowest BCUT2D eigenvalue weighted by Crippen LogP contribution is -2.36. The molecule has 2 fully saturated rings. The minimum atomic E-state index is -0.197. The lowest BCUT2D eigenvalue weighted by molar-refractivity contribution is 0.0280. The standard InChI is InChI=1S/C19H21NO2/c21-14-19-13-7-12-17(19)22-20(16-10-5-2-6-11-16)18(19)15-8-3-1-4-9-15/h1-6,8-11,17-18,21H,7,12-14H2/t17?,18-,19-/m0/s1. The largest absolute Gasteiger partial charge is 0.396 e. The van der Waals surface area contributed by atoms with Crippen LogP contribution in [0.4, 0.5) is 5.69 Å². The quantitative estimate of drug-likeness (QED) is 0.937. The number of anilines is 1. The van der Waals surface area contributed by atoms with Gasteiger partial charge in [-0.05, 0) is 37.0 Å². The van der Waals surface area contributed by atoms with Crippen molar-refractivity contribution in [3.05, 3.63) is 66.2 Å². The fraction of sp³-hybridized carbons (Fsp3) is 0.368. The number of aliphatic hydroxyl groups is 1. The predicted molar refractivity (Wildman–Crippen MR) is 86.3 cm³/mol. The van der Waals surface area contributed by atoms with Crippen LogP contribution in [0.2, 0.25) is 0 Å². The Balaban J connectivity index is 1.82. The van der Waals surface area contributed by atoms with Crippen LogP contribution in [0.3, 0.4) is 0 Å². The van der Waals surface area contributed by atoms with Gasteiger partial charge in [-0.2, -0.15) is 0 Å². The Morgan fingerprint density at radius 1 is 1.05 bits per heavy atom. The number of hydroxylamine groups is 1. The summed E-state index contributed by atoms with van der Waals surface area (Å²) in [7, 11) is 0. The van der Waals surface area contributed by atoms with E-state index in [4.69, 9.17) is 4.84 Å². The Bertz CT molecular complexity index is 630. The molecular weight excluding hydrogens is 274 g/mol. The Hall–Kier alpha value is -1.84. The summed E-state index contributed by atoms with van der Waals surface area (Å²) in [5, 5.41) is 12.2. The lowest BCUT2D eigenvalue weighted by atomic mass is 9.75. The molecule has 2 aromatic carbocycles. The van der Waals surface area contributed by atoms with Gasteiger partial charge in [0, 0.05) is 5.41 Å². The zero-order valence-electron chi connectivity index (χ0n) is 12.6. The highest BCUT2D eigenvalue weighted by Crippen LogP contribution is 2.57. The van der Waals surface area contributed by atoms with Gasteiger partial charge in [-0.3, -0.25) is 4.84 Å². The average Bonchev–Trinajstić information content (AvgIpc) is 3.12. The van der Waals surface area contributed by atoms with E-state index in [2.05, 4.69) is 36.4 Å². The maximum atomic E-state index is 10.2. The first-order valence-electron chi connectivity index (χ1n) is 8.02. The van der Waals surface area contributed by atoms with Gasteiger partial charge in [0.1, 0.15) is 0 Å². The third kappa shape index (κ3) is 1.97. The molecule has 114 valence electrons. The third-order valence-electron chi connectivity index (χ3n) is 5.19. The third-order valence-corrected chi connectivity index (χ3v) is 5.19. The zero-order chi connectivity index (χ0) is 15.0. The summed E-state index contributed by atoms with van der Waals surface area (Å²) in [5.41, 5.74) is 2.07. The summed E-state index contributed by atoms with van der Waals surface area (Å²) in [6.07, 6.45) is 3.25. The molecule has 1 saturated heterocycles. The zero-order valence-corrected chi connectivity index (χ0v) is 12.6. The number of rotatable bonds is 3. The number of hydrogen-bond donors (Lipinski definition) is 1. The van der Waals surface area contributed by atoms with Crippen LogP contribution in [0.15, 0.2) is 60.7 Å². The molecule has 3 nitrogen and oxygen atoms in total. The highest BCUT2D eigenvalue weighted by atomic mass is 16.7. The SMILES string of the molecule is OC[C@@]12CCCC1ON(c1ccccc1)[C@H]2c1ccccc1. The first-order chi connectivity index (χ1) is 10.8. The van der Waals surface area contributed by atoms with Crippen LogP contribution in [-0.2, 0) is 4.84 Å². The van der Waals surface area contributed by atoms with E-state index in [1.54, 1.807) is 0 Å². The molecule has 0 radical (unpaired) electrons. The van der Waals surface area contributed by atoms with Gasteiger partial charge in [-0.1, -0.05) is 48.5 Å². The molecule has 3 atom stereocenters. The highest BCUT2D eigenvalue weighted by Gasteiger charge is 2.58. The smallest absolute Gasteiger partial charge is 0.0959 e. The molecule has 2 aromatic rings. The highest BCUT2D eigenvalue weighted by molar-refractivity contribution is 5.49. The number of nitrogens with zero attached hydrogens (tertiary/aromatic N) is 1. The Morgan fingerprint density at radius 2 is 1.73 bits per heavy atom. The molecule has 0 aromatic heterocycles. The van der Waals surface area contributed by atoms with Crippen molar-refractivity contribution in [2.45, 2.75) is 31.4 Å². The normalized spacial score (nSPS) is 30.5. The maximum absolute atomic E-state index is 10.2. The van der Waals surface area contributed by atoms with Crippen LogP contribution in [0.1, 0.15) is 30.9 Å². The second kappa shape index (κ2) is 5.41. The molecule has 0 spiro atoms. The van der Waals surface area contributed by atoms with E-state index in [0.29, 0.717) is 0 Å². The monoisotopic (exact) mass is 295 g/mol. The number of benzene rings is 2. The van der Waals surface area contributed by atoms with Crippen molar-refractivity contribution in [3.8, 4) is 0 Å². The molecule has 0 bridgehead atoms. The fourth-order valence-electron chi connectivity index (χ4n) is 4.12. The van der Waals surface area contributed by atoms with Gasteiger partial charge in [-0.15, -0.1) is 0 Å². The van der Waals surface area contributed by atoms with Crippen LogP contribution < -0.4 is 5.06 Å². The van der Waals surface area contributed by atoms with E-state index in [1.165, 1.54) is 5.56 Å². The van der Waals surface area contributed by atoms with Crippen LogP contribution in [0.5, 0.6) is 0 Å². The van der Waals surface area contributed by atoms with Crippen molar-refractivity contribution in [2.24, 2.45) is 5.41 Å². The van der Waals surface area contributed by atoms with Gasteiger partial charge in [0.15, 0.2) is 0 Å². The molecule has 3 heteroatoms. The van der Waals surface area contributed by atoms with Gasteiger partial charge >= 0.3 is 0 Å². The van der Waals surface area contributed by atoms with E-state index < -0.39 is 0 Å². The molecule has 22 heavy (non-hydrogen) atoms. The Kier molecular flexibility index (Phi) is 3.40. The van der Waals surface area contributed by atoms with Gasteiger partial charge < -0.3 is 5.11 Å². The molecular formula is C19H21NO2.